The number of nitrogens with zero attached hydrogens (tertiary/aromatic N) is 2. The molecule has 1 atom stereocenters. The van der Waals surface area contributed by atoms with Gasteiger partial charge in [-0.15, -0.1) is 0 Å². The molecule has 1 N–H and O–H groups in total. The molecule has 0 saturated heterocycles. The zero-order valence-electron chi connectivity index (χ0n) is 11.5. The number of hydrogen-bond donors (Lipinski definition) is 1. The monoisotopic (exact) mass is 289 g/mol. The maximum atomic E-state index is 12.7. The van der Waals surface area contributed by atoms with Crippen LogP contribution in [0.3, 0.4) is 0 Å². The SMILES string of the molecule is CCC(C)NC(=O)Cn1nc(C(F)(F)F)cc1C1CC1. The first kappa shape index (κ1) is 14.9. The Hall–Kier alpha value is -1.53. The van der Waals surface area contributed by atoms with E-state index in [0.29, 0.717) is 5.69 Å². The molecule has 20 heavy (non-hydrogen) atoms. The van der Waals surface area contributed by atoms with Gasteiger partial charge in [-0.25, -0.2) is 0 Å². The topological polar surface area (TPSA) is 46.9 Å². The molecule has 1 heterocycles. The Morgan fingerprint density at radius 1 is 1.55 bits per heavy atom. The number of nitrogens with one attached hydrogen (secondary N) is 1. The van der Waals surface area contributed by atoms with Gasteiger partial charge in [-0.05, 0) is 32.3 Å². The van der Waals surface area contributed by atoms with Gasteiger partial charge < -0.3 is 5.32 Å². The van der Waals surface area contributed by atoms with Gasteiger partial charge in [0.1, 0.15) is 6.54 Å². The van der Waals surface area contributed by atoms with Crippen molar-refractivity contribution in [1.82, 2.24) is 15.1 Å². The van der Waals surface area contributed by atoms with Crippen LogP contribution in [-0.4, -0.2) is 21.7 Å². The van der Waals surface area contributed by atoms with Gasteiger partial charge in [0.15, 0.2) is 5.69 Å². The minimum Gasteiger partial charge on any atom is -0.352 e. The van der Waals surface area contributed by atoms with E-state index in [1.165, 1.54) is 4.68 Å². The highest BCUT2D eigenvalue weighted by molar-refractivity contribution is 5.76. The Kier molecular flexibility index (Phi) is 4.06. The molecule has 1 unspecified atom stereocenters. The van der Waals surface area contributed by atoms with Gasteiger partial charge in [-0.2, -0.15) is 18.3 Å². The number of rotatable bonds is 5. The molecule has 1 saturated carbocycles. The van der Waals surface area contributed by atoms with E-state index < -0.39 is 11.9 Å². The maximum absolute atomic E-state index is 12.7. The summed E-state index contributed by atoms with van der Waals surface area (Å²) in [7, 11) is 0. The number of carbonyl (C=O) groups excluding carboxylic acids is 1. The Morgan fingerprint density at radius 2 is 2.20 bits per heavy atom. The molecule has 0 radical (unpaired) electrons. The first-order valence-electron chi connectivity index (χ1n) is 6.75. The van der Waals surface area contributed by atoms with Gasteiger partial charge in [0.05, 0.1) is 0 Å². The number of hydrogen-bond acceptors (Lipinski definition) is 2. The number of halogens is 3. The third-order valence-corrected chi connectivity index (χ3v) is 3.41. The molecule has 0 aliphatic heterocycles. The molecule has 0 spiro atoms. The van der Waals surface area contributed by atoms with E-state index in [4.69, 9.17) is 0 Å². The van der Waals surface area contributed by atoms with Crippen LogP contribution in [-0.2, 0) is 17.5 Å². The summed E-state index contributed by atoms with van der Waals surface area (Å²) in [6.07, 6.45) is -1.98. The number of amides is 1. The van der Waals surface area contributed by atoms with E-state index in [1.807, 2.05) is 13.8 Å². The average molecular weight is 289 g/mol. The summed E-state index contributed by atoms with van der Waals surface area (Å²) in [5.74, 6) is -0.201. The summed E-state index contributed by atoms with van der Waals surface area (Å²) in [6.45, 7) is 3.62. The van der Waals surface area contributed by atoms with Gasteiger partial charge >= 0.3 is 6.18 Å². The maximum Gasteiger partial charge on any atom is 0.435 e. The van der Waals surface area contributed by atoms with Crippen LogP contribution in [0.4, 0.5) is 13.2 Å². The first-order valence-corrected chi connectivity index (χ1v) is 6.75. The molecule has 0 aromatic carbocycles. The van der Waals surface area contributed by atoms with Crippen LogP contribution in [0.5, 0.6) is 0 Å². The summed E-state index contributed by atoms with van der Waals surface area (Å²) < 4.78 is 39.3. The highest BCUT2D eigenvalue weighted by atomic mass is 19.4. The highest BCUT2D eigenvalue weighted by Gasteiger charge is 2.38. The van der Waals surface area contributed by atoms with Crippen molar-refractivity contribution in [2.75, 3.05) is 0 Å². The number of aromatic nitrogens is 2. The zero-order valence-corrected chi connectivity index (χ0v) is 11.5. The Labute approximate surface area is 115 Å². The van der Waals surface area contributed by atoms with Crippen LogP contribution in [0, 0.1) is 0 Å². The second-order valence-electron chi connectivity index (χ2n) is 5.26. The van der Waals surface area contributed by atoms with E-state index in [1.54, 1.807) is 0 Å². The minimum absolute atomic E-state index is 0.00419. The second-order valence-corrected chi connectivity index (χ2v) is 5.26. The van der Waals surface area contributed by atoms with Crippen molar-refractivity contribution < 1.29 is 18.0 Å². The Bertz CT molecular complexity index is 492. The van der Waals surface area contributed by atoms with Crippen molar-refractivity contribution in [3.05, 3.63) is 17.5 Å². The molecule has 1 aliphatic carbocycles. The minimum atomic E-state index is -4.47. The molecule has 2 rings (SSSR count). The Morgan fingerprint density at radius 3 is 2.70 bits per heavy atom. The lowest BCUT2D eigenvalue weighted by molar-refractivity contribution is -0.141. The summed E-state index contributed by atoms with van der Waals surface area (Å²) in [6, 6.07) is 1.07. The molecule has 0 bridgehead atoms. The predicted octanol–water partition coefficient (Wildman–Crippen LogP) is 2.69. The van der Waals surface area contributed by atoms with Crippen LogP contribution in [0.1, 0.15) is 50.4 Å². The smallest absolute Gasteiger partial charge is 0.352 e. The molecular weight excluding hydrogens is 271 g/mol. The molecule has 1 aromatic rings. The summed E-state index contributed by atoms with van der Waals surface area (Å²) in [4.78, 5) is 11.8. The fourth-order valence-corrected chi connectivity index (χ4v) is 1.96. The summed E-state index contributed by atoms with van der Waals surface area (Å²) in [5.41, 5.74) is -0.410. The lowest BCUT2D eigenvalue weighted by Gasteiger charge is -2.12. The van der Waals surface area contributed by atoms with Crippen molar-refractivity contribution in [2.24, 2.45) is 0 Å². The van der Waals surface area contributed by atoms with Gasteiger partial charge in [-0.3, -0.25) is 9.48 Å². The average Bonchev–Trinajstić information content (AvgIpc) is 3.09. The molecule has 1 aromatic heterocycles. The van der Waals surface area contributed by atoms with Crippen LogP contribution in [0.15, 0.2) is 6.07 Å². The van der Waals surface area contributed by atoms with Crippen molar-refractivity contribution >= 4 is 5.91 Å². The predicted molar refractivity (Wildman–Crippen MR) is 67.1 cm³/mol. The largest absolute Gasteiger partial charge is 0.435 e. The molecule has 1 amide bonds. The Balaban J connectivity index is 2.14. The molecule has 112 valence electrons. The van der Waals surface area contributed by atoms with Gasteiger partial charge in [0, 0.05) is 17.7 Å². The van der Waals surface area contributed by atoms with Crippen LogP contribution >= 0.6 is 0 Å². The van der Waals surface area contributed by atoms with Crippen LogP contribution in [0.25, 0.3) is 0 Å². The van der Waals surface area contributed by atoms with E-state index in [0.717, 1.165) is 25.3 Å². The quantitative estimate of drug-likeness (QED) is 0.906. The highest BCUT2D eigenvalue weighted by Crippen LogP contribution is 2.42. The van der Waals surface area contributed by atoms with Gasteiger partial charge in [-0.1, -0.05) is 6.92 Å². The summed E-state index contributed by atoms with van der Waals surface area (Å²) in [5, 5.41) is 6.28. The molecule has 7 heteroatoms. The molecule has 4 nitrogen and oxygen atoms in total. The third-order valence-electron chi connectivity index (χ3n) is 3.41. The summed E-state index contributed by atoms with van der Waals surface area (Å²) >= 11 is 0. The lowest BCUT2D eigenvalue weighted by Crippen LogP contribution is -2.35. The third kappa shape index (κ3) is 3.52. The lowest BCUT2D eigenvalue weighted by atomic mass is 10.2. The fourth-order valence-electron chi connectivity index (χ4n) is 1.96. The van der Waals surface area contributed by atoms with Gasteiger partial charge in [0.25, 0.3) is 0 Å². The first-order chi connectivity index (χ1) is 9.31. The molecular formula is C13H18F3N3O. The van der Waals surface area contributed by atoms with Crippen molar-refractivity contribution in [1.29, 1.82) is 0 Å². The van der Waals surface area contributed by atoms with Gasteiger partial charge in [0.2, 0.25) is 5.91 Å². The van der Waals surface area contributed by atoms with E-state index in [9.17, 15) is 18.0 Å². The molecule has 1 aliphatic rings. The van der Waals surface area contributed by atoms with E-state index >= 15 is 0 Å². The van der Waals surface area contributed by atoms with E-state index in [-0.39, 0.29) is 24.4 Å². The zero-order chi connectivity index (χ0) is 14.9. The molecule has 1 fully saturated rings. The number of carbonyl (C=O) groups is 1. The van der Waals surface area contributed by atoms with Crippen molar-refractivity contribution in [3.63, 3.8) is 0 Å². The standard InChI is InChI=1S/C13H18F3N3O/c1-3-8(2)17-12(20)7-19-10(9-4-5-9)6-11(18-19)13(14,15)16/h6,8-9H,3-5,7H2,1-2H3,(H,17,20). The van der Waals surface area contributed by atoms with Crippen LogP contribution in [0.2, 0.25) is 0 Å². The van der Waals surface area contributed by atoms with Crippen LogP contribution < -0.4 is 5.32 Å². The van der Waals surface area contributed by atoms with E-state index in [2.05, 4.69) is 10.4 Å². The second kappa shape index (κ2) is 5.46. The van der Waals surface area contributed by atoms with Crippen molar-refractivity contribution in [3.8, 4) is 0 Å². The normalized spacial score (nSPS) is 17.1. The fraction of sp³-hybridized carbons (Fsp3) is 0.692. The number of alkyl halides is 3. The van der Waals surface area contributed by atoms with Crippen molar-refractivity contribution in [2.45, 2.75) is 57.8 Å².